The van der Waals surface area contributed by atoms with Crippen LogP contribution in [0.25, 0.3) is 21.9 Å². The molecule has 0 radical (unpaired) electrons. The molecule has 0 saturated heterocycles. The van der Waals surface area contributed by atoms with Gasteiger partial charge >= 0.3 is 0 Å². The van der Waals surface area contributed by atoms with Crippen LogP contribution in [0, 0.1) is 0 Å². The summed E-state index contributed by atoms with van der Waals surface area (Å²) >= 11 is 5.79. The molecule has 0 N–H and O–H groups in total. The van der Waals surface area contributed by atoms with Crippen LogP contribution < -0.4 is 0 Å². The smallest absolute Gasteiger partial charge is 0.256 e. The Kier molecular flexibility index (Phi) is 3.06. The third-order valence-electron chi connectivity index (χ3n) is 3.00. The summed E-state index contributed by atoms with van der Waals surface area (Å²) in [5, 5.41) is 0.810. The molecule has 3 nitrogen and oxygen atoms in total. The summed E-state index contributed by atoms with van der Waals surface area (Å²) in [4.78, 5) is 8.54. The van der Waals surface area contributed by atoms with Gasteiger partial charge in [-0.1, -0.05) is 18.2 Å². The molecule has 3 aromatic rings. The molecule has 0 fully saturated rings. The first kappa shape index (κ1) is 12.3. The molecule has 0 aliphatic heterocycles. The van der Waals surface area contributed by atoms with E-state index in [-0.39, 0.29) is 5.88 Å². The highest BCUT2D eigenvalue weighted by Crippen LogP contribution is 2.25. The summed E-state index contributed by atoms with van der Waals surface area (Å²) in [7, 11) is 0. The first-order valence-electron chi connectivity index (χ1n) is 5.77. The molecule has 0 spiro atoms. The zero-order valence-electron chi connectivity index (χ0n) is 9.85. The van der Waals surface area contributed by atoms with Gasteiger partial charge in [0.05, 0.1) is 29.7 Å². The largest absolute Gasteiger partial charge is 0.321 e. The first-order valence-corrected chi connectivity index (χ1v) is 6.31. The molecule has 0 bridgehead atoms. The van der Waals surface area contributed by atoms with E-state index in [4.69, 9.17) is 11.6 Å². The molecule has 98 valence electrons. The molecule has 0 amide bonds. The molecule has 19 heavy (non-hydrogen) atoms. The van der Waals surface area contributed by atoms with Crippen molar-refractivity contribution in [3.05, 3.63) is 36.3 Å². The predicted octanol–water partition coefficient (Wildman–Crippen LogP) is 3.59. The van der Waals surface area contributed by atoms with Crippen LogP contribution in [0.1, 0.15) is 5.82 Å². The van der Waals surface area contributed by atoms with E-state index in [2.05, 4.69) is 9.97 Å². The Morgan fingerprint density at radius 1 is 1.21 bits per heavy atom. The van der Waals surface area contributed by atoms with Crippen LogP contribution in [0.3, 0.4) is 0 Å². The van der Waals surface area contributed by atoms with Gasteiger partial charge in [-0.3, -0.25) is 4.98 Å². The number of nitrogens with zero attached hydrogens (tertiary/aromatic N) is 3. The summed E-state index contributed by atoms with van der Waals surface area (Å²) in [6, 6.07) is 7.40. The van der Waals surface area contributed by atoms with E-state index in [9.17, 15) is 8.78 Å². The SMILES string of the molecule is FC(F)Cn1c(CCl)nc2cnc3ccccc3c21. The third-order valence-corrected chi connectivity index (χ3v) is 3.24. The maximum absolute atomic E-state index is 12.7. The number of halogens is 3. The molecule has 2 aromatic heterocycles. The van der Waals surface area contributed by atoms with E-state index >= 15 is 0 Å². The van der Waals surface area contributed by atoms with Gasteiger partial charge in [0.15, 0.2) is 0 Å². The van der Waals surface area contributed by atoms with Crippen LogP contribution in [0.5, 0.6) is 0 Å². The van der Waals surface area contributed by atoms with Crippen LogP contribution in [0.4, 0.5) is 8.78 Å². The summed E-state index contributed by atoms with van der Waals surface area (Å²) in [5.41, 5.74) is 2.02. The lowest BCUT2D eigenvalue weighted by atomic mass is 10.2. The second-order valence-corrected chi connectivity index (χ2v) is 4.44. The Labute approximate surface area is 112 Å². The van der Waals surface area contributed by atoms with Crippen molar-refractivity contribution in [3.63, 3.8) is 0 Å². The van der Waals surface area contributed by atoms with Gasteiger partial charge in [-0.2, -0.15) is 0 Å². The Balaban J connectivity index is 2.38. The minimum atomic E-state index is -2.45. The Morgan fingerprint density at radius 3 is 2.74 bits per heavy atom. The number of rotatable bonds is 3. The molecule has 1 aromatic carbocycles. The van der Waals surface area contributed by atoms with Crippen molar-refractivity contribution in [3.8, 4) is 0 Å². The highest BCUT2D eigenvalue weighted by Gasteiger charge is 2.16. The van der Waals surface area contributed by atoms with Gasteiger partial charge in [0.25, 0.3) is 6.43 Å². The summed E-state index contributed by atoms with van der Waals surface area (Å²) < 4.78 is 27.0. The number of imidazole rings is 1. The van der Waals surface area contributed by atoms with Gasteiger partial charge in [-0.25, -0.2) is 13.8 Å². The van der Waals surface area contributed by atoms with Gasteiger partial charge in [0.1, 0.15) is 11.3 Å². The zero-order valence-corrected chi connectivity index (χ0v) is 10.6. The van der Waals surface area contributed by atoms with E-state index in [1.54, 1.807) is 6.20 Å². The van der Waals surface area contributed by atoms with Gasteiger partial charge in [-0.05, 0) is 6.07 Å². The number of benzene rings is 1. The van der Waals surface area contributed by atoms with Gasteiger partial charge in [0, 0.05) is 5.39 Å². The minimum absolute atomic E-state index is 0.0930. The molecule has 0 aliphatic carbocycles. The summed E-state index contributed by atoms with van der Waals surface area (Å²) in [6.45, 7) is -0.410. The molecule has 0 aliphatic rings. The summed E-state index contributed by atoms with van der Waals surface area (Å²) in [6.07, 6.45) is -0.860. The average Bonchev–Trinajstić information content (AvgIpc) is 2.76. The lowest BCUT2D eigenvalue weighted by molar-refractivity contribution is 0.127. The van der Waals surface area contributed by atoms with Crippen LogP contribution in [0.15, 0.2) is 30.5 Å². The summed E-state index contributed by atoms with van der Waals surface area (Å²) in [5.74, 6) is 0.533. The fraction of sp³-hybridized carbons (Fsp3) is 0.231. The Bertz CT molecular complexity index is 739. The second kappa shape index (κ2) is 4.74. The van der Waals surface area contributed by atoms with E-state index in [1.165, 1.54) is 4.57 Å². The highest BCUT2D eigenvalue weighted by molar-refractivity contribution is 6.17. The molecular formula is C13H10ClF2N3. The van der Waals surface area contributed by atoms with E-state index in [0.29, 0.717) is 16.9 Å². The monoisotopic (exact) mass is 281 g/mol. The number of hydrogen-bond donors (Lipinski definition) is 0. The Hall–Kier alpha value is -1.75. The fourth-order valence-corrected chi connectivity index (χ4v) is 2.45. The normalized spacial score (nSPS) is 11.8. The van der Waals surface area contributed by atoms with Crippen LogP contribution in [0.2, 0.25) is 0 Å². The number of aromatic nitrogens is 3. The third kappa shape index (κ3) is 2.04. The number of pyridine rings is 1. The van der Waals surface area contributed by atoms with Crippen LogP contribution in [-0.2, 0) is 12.4 Å². The maximum Gasteiger partial charge on any atom is 0.256 e. The first-order chi connectivity index (χ1) is 9.20. The van der Waals surface area contributed by atoms with Crippen molar-refractivity contribution in [1.29, 1.82) is 0 Å². The van der Waals surface area contributed by atoms with E-state index < -0.39 is 13.0 Å². The maximum atomic E-state index is 12.7. The zero-order chi connectivity index (χ0) is 13.4. The topological polar surface area (TPSA) is 30.7 Å². The van der Waals surface area contributed by atoms with Crippen molar-refractivity contribution in [2.24, 2.45) is 0 Å². The number of para-hydroxylation sites is 1. The van der Waals surface area contributed by atoms with E-state index in [1.807, 2.05) is 24.3 Å². The van der Waals surface area contributed by atoms with Crippen LogP contribution >= 0.6 is 11.6 Å². The lowest BCUT2D eigenvalue weighted by Gasteiger charge is -2.08. The van der Waals surface area contributed by atoms with Crippen molar-refractivity contribution < 1.29 is 8.78 Å². The average molecular weight is 282 g/mol. The number of fused-ring (bicyclic) bond motifs is 3. The minimum Gasteiger partial charge on any atom is -0.321 e. The molecule has 0 saturated carbocycles. The Morgan fingerprint density at radius 2 is 2.00 bits per heavy atom. The number of hydrogen-bond acceptors (Lipinski definition) is 2. The standard InChI is InChI=1S/C13H10ClF2N3/c14-5-12-18-10-6-17-9-4-2-1-3-8(9)13(10)19(12)7-11(15)16/h1-4,6,11H,5,7H2. The van der Waals surface area contributed by atoms with Gasteiger partial charge < -0.3 is 4.57 Å². The van der Waals surface area contributed by atoms with Crippen molar-refractivity contribution in [2.45, 2.75) is 18.9 Å². The molecule has 0 atom stereocenters. The molecule has 0 unspecified atom stereocenters. The predicted molar refractivity (Wildman–Crippen MR) is 70.6 cm³/mol. The van der Waals surface area contributed by atoms with Crippen LogP contribution in [-0.4, -0.2) is 21.0 Å². The fourth-order valence-electron chi connectivity index (χ4n) is 2.25. The second-order valence-electron chi connectivity index (χ2n) is 4.17. The molecule has 2 heterocycles. The van der Waals surface area contributed by atoms with E-state index in [0.717, 1.165) is 10.9 Å². The molecule has 6 heteroatoms. The number of alkyl halides is 3. The molecule has 3 rings (SSSR count). The van der Waals surface area contributed by atoms with Crippen molar-refractivity contribution in [2.75, 3.05) is 0 Å². The molecular weight excluding hydrogens is 272 g/mol. The van der Waals surface area contributed by atoms with Gasteiger partial charge in [-0.15, -0.1) is 11.6 Å². The highest BCUT2D eigenvalue weighted by atomic mass is 35.5. The lowest BCUT2D eigenvalue weighted by Crippen LogP contribution is -2.09. The van der Waals surface area contributed by atoms with Crippen molar-refractivity contribution in [1.82, 2.24) is 14.5 Å². The van der Waals surface area contributed by atoms with Gasteiger partial charge in [0.2, 0.25) is 0 Å². The quantitative estimate of drug-likeness (QED) is 0.687. The van der Waals surface area contributed by atoms with Crippen molar-refractivity contribution >= 4 is 33.5 Å².